The number of nitrogens with one attached hydrogen (secondary N) is 1. The highest BCUT2D eigenvalue weighted by molar-refractivity contribution is 9.10. The molecule has 0 aliphatic heterocycles. The van der Waals surface area contributed by atoms with Crippen LogP contribution in [-0.4, -0.2) is 25.2 Å². The number of amides is 1. The highest BCUT2D eigenvalue weighted by Crippen LogP contribution is 2.29. The van der Waals surface area contributed by atoms with Crippen molar-refractivity contribution in [3.8, 4) is 0 Å². The standard InChI is InChI=1S/C16H22BrNO2/c1-11(2)20-7-3-6-18-16(19)14-8-12-4-5-15(17)10-13(12)9-14/h4-5,10-11,14H,3,6-9H2,1-2H3,(H,18,19). The van der Waals surface area contributed by atoms with E-state index in [9.17, 15) is 4.79 Å². The smallest absolute Gasteiger partial charge is 0.223 e. The molecule has 1 aliphatic carbocycles. The highest BCUT2D eigenvalue weighted by Gasteiger charge is 2.27. The predicted molar refractivity (Wildman–Crippen MR) is 83.8 cm³/mol. The predicted octanol–water partition coefficient (Wildman–Crippen LogP) is 3.10. The summed E-state index contributed by atoms with van der Waals surface area (Å²) in [5.74, 6) is 0.257. The van der Waals surface area contributed by atoms with Gasteiger partial charge in [-0.3, -0.25) is 4.79 Å². The Labute approximate surface area is 129 Å². The first-order chi connectivity index (χ1) is 9.56. The van der Waals surface area contributed by atoms with Gasteiger partial charge in [0.15, 0.2) is 0 Å². The van der Waals surface area contributed by atoms with E-state index in [0.29, 0.717) is 13.2 Å². The fourth-order valence-corrected chi connectivity index (χ4v) is 2.93. The summed E-state index contributed by atoms with van der Waals surface area (Å²) in [5, 5.41) is 3.02. The average molecular weight is 340 g/mol. The van der Waals surface area contributed by atoms with E-state index in [1.54, 1.807) is 0 Å². The maximum absolute atomic E-state index is 12.1. The number of ether oxygens (including phenoxy) is 1. The Morgan fingerprint density at radius 3 is 2.90 bits per heavy atom. The molecule has 1 N–H and O–H groups in total. The van der Waals surface area contributed by atoms with Crippen molar-refractivity contribution in [2.75, 3.05) is 13.2 Å². The molecule has 1 aliphatic rings. The fraction of sp³-hybridized carbons (Fsp3) is 0.562. The molecule has 2 rings (SSSR count). The summed E-state index contributed by atoms with van der Waals surface area (Å²) in [6.07, 6.45) is 2.84. The van der Waals surface area contributed by atoms with Crippen LogP contribution in [0.2, 0.25) is 0 Å². The Balaban J connectivity index is 1.73. The first-order valence-corrected chi connectivity index (χ1v) is 8.02. The van der Waals surface area contributed by atoms with E-state index >= 15 is 0 Å². The van der Waals surface area contributed by atoms with Gasteiger partial charge in [0, 0.05) is 23.5 Å². The largest absolute Gasteiger partial charge is 0.379 e. The molecule has 0 aromatic heterocycles. The lowest BCUT2D eigenvalue weighted by Crippen LogP contribution is -2.32. The van der Waals surface area contributed by atoms with Gasteiger partial charge in [-0.25, -0.2) is 0 Å². The van der Waals surface area contributed by atoms with E-state index in [4.69, 9.17) is 4.74 Å². The maximum atomic E-state index is 12.1. The van der Waals surface area contributed by atoms with Crippen molar-refractivity contribution >= 4 is 21.8 Å². The first-order valence-electron chi connectivity index (χ1n) is 7.23. The Bertz CT molecular complexity index is 474. The molecule has 0 spiro atoms. The molecule has 1 aromatic carbocycles. The number of carbonyl (C=O) groups is 1. The van der Waals surface area contributed by atoms with Gasteiger partial charge < -0.3 is 10.1 Å². The van der Waals surface area contributed by atoms with Gasteiger partial charge in [0.25, 0.3) is 0 Å². The van der Waals surface area contributed by atoms with E-state index in [1.165, 1.54) is 11.1 Å². The number of benzene rings is 1. The minimum Gasteiger partial charge on any atom is -0.379 e. The van der Waals surface area contributed by atoms with Gasteiger partial charge in [0.1, 0.15) is 0 Å². The Morgan fingerprint density at radius 1 is 1.40 bits per heavy atom. The van der Waals surface area contributed by atoms with Crippen molar-refractivity contribution in [3.63, 3.8) is 0 Å². The minimum atomic E-state index is 0.0883. The molecule has 1 unspecified atom stereocenters. The van der Waals surface area contributed by atoms with E-state index < -0.39 is 0 Å². The van der Waals surface area contributed by atoms with Crippen molar-refractivity contribution < 1.29 is 9.53 Å². The third kappa shape index (κ3) is 4.32. The van der Waals surface area contributed by atoms with Gasteiger partial charge in [0.05, 0.1) is 6.10 Å². The van der Waals surface area contributed by atoms with Crippen LogP contribution < -0.4 is 5.32 Å². The second-order valence-corrected chi connectivity index (χ2v) is 6.50. The van der Waals surface area contributed by atoms with Crippen LogP contribution in [0.5, 0.6) is 0 Å². The van der Waals surface area contributed by atoms with Crippen molar-refractivity contribution in [2.24, 2.45) is 5.92 Å². The molecule has 0 radical (unpaired) electrons. The molecule has 0 saturated heterocycles. The number of hydrogen-bond donors (Lipinski definition) is 1. The zero-order valence-corrected chi connectivity index (χ0v) is 13.7. The first kappa shape index (κ1) is 15.5. The SMILES string of the molecule is CC(C)OCCCNC(=O)C1Cc2ccc(Br)cc2C1. The molecule has 4 heteroatoms. The Hall–Kier alpha value is -0.870. The van der Waals surface area contributed by atoms with Crippen LogP contribution >= 0.6 is 15.9 Å². The number of carbonyl (C=O) groups excluding carboxylic acids is 1. The topological polar surface area (TPSA) is 38.3 Å². The molecular formula is C16H22BrNO2. The molecule has 0 fully saturated rings. The molecular weight excluding hydrogens is 318 g/mol. The molecule has 20 heavy (non-hydrogen) atoms. The maximum Gasteiger partial charge on any atom is 0.223 e. The average Bonchev–Trinajstić information content (AvgIpc) is 2.80. The molecule has 1 atom stereocenters. The van der Waals surface area contributed by atoms with Crippen LogP contribution in [0.4, 0.5) is 0 Å². The van der Waals surface area contributed by atoms with Gasteiger partial charge in [-0.15, -0.1) is 0 Å². The van der Waals surface area contributed by atoms with Gasteiger partial charge in [-0.1, -0.05) is 22.0 Å². The van der Waals surface area contributed by atoms with Crippen molar-refractivity contribution in [1.29, 1.82) is 0 Å². The van der Waals surface area contributed by atoms with E-state index in [1.807, 2.05) is 19.9 Å². The summed E-state index contributed by atoms with van der Waals surface area (Å²) in [5.41, 5.74) is 2.60. The van der Waals surface area contributed by atoms with Crippen LogP contribution in [0.25, 0.3) is 0 Å². The van der Waals surface area contributed by atoms with Crippen LogP contribution in [0.1, 0.15) is 31.4 Å². The summed E-state index contributed by atoms with van der Waals surface area (Å²) in [6, 6.07) is 6.28. The summed E-state index contributed by atoms with van der Waals surface area (Å²) < 4.78 is 6.54. The molecule has 1 aromatic rings. The third-order valence-electron chi connectivity index (χ3n) is 3.54. The lowest BCUT2D eigenvalue weighted by molar-refractivity contribution is -0.124. The van der Waals surface area contributed by atoms with Gasteiger partial charge >= 0.3 is 0 Å². The van der Waals surface area contributed by atoms with E-state index in [2.05, 4.69) is 33.4 Å². The number of halogens is 1. The van der Waals surface area contributed by atoms with Crippen LogP contribution in [0.3, 0.4) is 0 Å². The molecule has 0 saturated carbocycles. The third-order valence-corrected chi connectivity index (χ3v) is 4.04. The second-order valence-electron chi connectivity index (χ2n) is 5.58. The second kappa shape index (κ2) is 7.23. The quantitative estimate of drug-likeness (QED) is 0.808. The zero-order chi connectivity index (χ0) is 14.5. The summed E-state index contributed by atoms with van der Waals surface area (Å²) in [6.45, 7) is 5.44. The van der Waals surface area contributed by atoms with Crippen LogP contribution in [-0.2, 0) is 22.4 Å². The van der Waals surface area contributed by atoms with Gasteiger partial charge in [-0.05, 0) is 56.4 Å². The lowest BCUT2D eigenvalue weighted by atomic mass is 10.1. The Kier molecular flexibility index (Phi) is 5.61. The highest BCUT2D eigenvalue weighted by atomic mass is 79.9. The molecule has 1 amide bonds. The van der Waals surface area contributed by atoms with Crippen LogP contribution in [0.15, 0.2) is 22.7 Å². The van der Waals surface area contributed by atoms with Crippen molar-refractivity contribution in [1.82, 2.24) is 5.32 Å². The normalized spacial score (nSPS) is 17.3. The minimum absolute atomic E-state index is 0.0883. The van der Waals surface area contributed by atoms with Crippen LogP contribution in [0, 0.1) is 5.92 Å². The molecule has 0 bridgehead atoms. The number of fused-ring (bicyclic) bond motifs is 1. The van der Waals surface area contributed by atoms with Gasteiger partial charge in [0.2, 0.25) is 5.91 Å². The fourth-order valence-electron chi connectivity index (χ4n) is 2.52. The van der Waals surface area contributed by atoms with E-state index in [-0.39, 0.29) is 17.9 Å². The lowest BCUT2D eigenvalue weighted by Gasteiger charge is -2.11. The molecule has 3 nitrogen and oxygen atoms in total. The summed E-state index contributed by atoms with van der Waals surface area (Å²) in [7, 11) is 0. The van der Waals surface area contributed by atoms with Crippen molar-refractivity contribution in [2.45, 2.75) is 39.2 Å². The zero-order valence-electron chi connectivity index (χ0n) is 12.1. The molecule has 0 heterocycles. The summed E-state index contributed by atoms with van der Waals surface area (Å²) >= 11 is 3.48. The monoisotopic (exact) mass is 339 g/mol. The number of hydrogen-bond acceptors (Lipinski definition) is 2. The van der Waals surface area contributed by atoms with E-state index in [0.717, 1.165) is 23.7 Å². The van der Waals surface area contributed by atoms with Crippen molar-refractivity contribution in [3.05, 3.63) is 33.8 Å². The van der Waals surface area contributed by atoms with Gasteiger partial charge in [-0.2, -0.15) is 0 Å². The Morgan fingerprint density at radius 2 is 2.15 bits per heavy atom. The number of rotatable bonds is 6. The molecule has 110 valence electrons. The summed E-state index contributed by atoms with van der Waals surface area (Å²) in [4.78, 5) is 12.1.